The number of alkyl halides is 1. The molecule has 0 saturated carbocycles. The Morgan fingerprint density at radius 2 is 1.79 bits per heavy atom. The van der Waals surface area contributed by atoms with E-state index in [1.54, 1.807) is 19.4 Å². The van der Waals surface area contributed by atoms with Crippen molar-refractivity contribution in [2.24, 2.45) is 0 Å². The number of methoxy groups -OCH3 is 1. The molecular weight excluding hydrogens is 495 g/mol. The van der Waals surface area contributed by atoms with Crippen molar-refractivity contribution in [3.63, 3.8) is 0 Å². The minimum atomic E-state index is -0.995. The van der Waals surface area contributed by atoms with Crippen LogP contribution < -0.4 is 30.4 Å². The molecule has 10 nitrogen and oxygen atoms in total. The van der Waals surface area contributed by atoms with Crippen LogP contribution in [0, 0.1) is 0 Å². The first-order chi connectivity index (χ1) is 18.5. The van der Waals surface area contributed by atoms with Gasteiger partial charge in [-0.1, -0.05) is 0 Å². The van der Waals surface area contributed by atoms with E-state index in [0.717, 1.165) is 44.6 Å². The molecule has 0 amide bonds. The Labute approximate surface area is 223 Å². The van der Waals surface area contributed by atoms with Gasteiger partial charge in [0.05, 0.1) is 18.9 Å². The summed E-state index contributed by atoms with van der Waals surface area (Å²) in [5.41, 5.74) is -0.190. The lowest BCUT2D eigenvalue weighted by Gasteiger charge is -2.27. The summed E-state index contributed by atoms with van der Waals surface area (Å²) in [4.78, 5) is 17.5. The third kappa shape index (κ3) is 11.3. The van der Waals surface area contributed by atoms with Crippen molar-refractivity contribution >= 4 is 0 Å². The molecule has 4 heterocycles. The van der Waals surface area contributed by atoms with Gasteiger partial charge in [0.2, 0.25) is 11.4 Å². The summed E-state index contributed by atoms with van der Waals surface area (Å²) in [6.07, 6.45) is 5.82. The number of pyridine rings is 2. The van der Waals surface area contributed by atoms with Gasteiger partial charge in [0, 0.05) is 38.6 Å². The van der Waals surface area contributed by atoms with Crippen molar-refractivity contribution in [1.82, 2.24) is 20.6 Å². The molecule has 3 atom stereocenters. The highest BCUT2D eigenvalue weighted by Crippen LogP contribution is 2.18. The zero-order chi connectivity index (χ0) is 27.0. The summed E-state index contributed by atoms with van der Waals surface area (Å²) in [5, 5.41) is 6.27. The molecule has 2 fully saturated rings. The summed E-state index contributed by atoms with van der Waals surface area (Å²) in [5.74, 6) is 1.90. The summed E-state index contributed by atoms with van der Waals surface area (Å²) in [7, 11) is 1.69. The molecule has 11 heteroatoms. The summed E-state index contributed by atoms with van der Waals surface area (Å²) in [6.45, 7) is 6.89. The number of piperidine rings is 2. The van der Waals surface area contributed by atoms with Crippen molar-refractivity contribution in [3.05, 3.63) is 47.0 Å². The molecule has 0 aromatic carbocycles. The van der Waals surface area contributed by atoms with E-state index >= 15 is 0 Å². The number of ether oxygens (including phenoxy) is 5. The number of halogens is 1. The third-order valence-corrected chi connectivity index (χ3v) is 6.15. The van der Waals surface area contributed by atoms with Gasteiger partial charge in [-0.2, -0.15) is 0 Å². The first kappa shape index (κ1) is 29.8. The number of H-pyrrole nitrogens is 1. The van der Waals surface area contributed by atoms with Crippen LogP contribution in [-0.2, 0) is 9.47 Å². The minimum Gasteiger partial charge on any atom is -0.489 e. The van der Waals surface area contributed by atoms with E-state index in [1.165, 1.54) is 12.3 Å². The molecule has 38 heavy (non-hydrogen) atoms. The molecule has 2 aromatic heterocycles. The zero-order valence-corrected chi connectivity index (χ0v) is 22.3. The van der Waals surface area contributed by atoms with E-state index in [1.807, 2.05) is 19.1 Å². The van der Waals surface area contributed by atoms with E-state index in [-0.39, 0.29) is 17.8 Å². The molecule has 1 unspecified atom stereocenters. The van der Waals surface area contributed by atoms with Gasteiger partial charge in [-0.05, 0) is 64.4 Å². The zero-order valence-electron chi connectivity index (χ0n) is 22.3. The first-order valence-electron chi connectivity index (χ1n) is 13.3. The molecule has 0 radical (unpaired) electrons. The monoisotopic (exact) mass is 536 g/mol. The van der Waals surface area contributed by atoms with E-state index in [9.17, 15) is 9.18 Å². The lowest BCUT2D eigenvalue weighted by Crippen LogP contribution is -2.44. The van der Waals surface area contributed by atoms with Crippen LogP contribution in [0.5, 0.6) is 17.4 Å². The van der Waals surface area contributed by atoms with Crippen LogP contribution in [0.25, 0.3) is 0 Å². The molecular formula is C27H41FN4O6. The number of rotatable bonds is 12. The fourth-order valence-corrected chi connectivity index (χ4v) is 3.96. The van der Waals surface area contributed by atoms with Crippen molar-refractivity contribution in [2.75, 3.05) is 53.1 Å². The van der Waals surface area contributed by atoms with E-state index in [0.29, 0.717) is 44.4 Å². The maximum atomic E-state index is 13.4. The Morgan fingerprint density at radius 3 is 2.47 bits per heavy atom. The Kier molecular flexibility index (Phi) is 13.3. The van der Waals surface area contributed by atoms with Gasteiger partial charge in [-0.25, -0.2) is 9.37 Å². The molecule has 2 aromatic rings. The highest BCUT2D eigenvalue weighted by molar-refractivity contribution is 5.23. The maximum Gasteiger partial charge on any atom is 0.248 e. The van der Waals surface area contributed by atoms with Gasteiger partial charge < -0.3 is 39.3 Å². The summed E-state index contributed by atoms with van der Waals surface area (Å²) in [6, 6.07) is 6.66. The number of aromatic amines is 1. The molecule has 2 saturated heterocycles. The van der Waals surface area contributed by atoms with Gasteiger partial charge in [-0.15, -0.1) is 0 Å². The summed E-state index contributed by atoms with van der Waals surface area (Å²) >= 11 is 0. The van der Waals surface area contributed by atoms with E-state index in [4.69, 9.17) is 23.7 Å². The van der Waals surface area contributed by atoms with Crippen LogP contribution in [0.15, 0.2) is 41.5 Å². The minimum absolute atomic E-state index is 0.173. The lowest BCUT2D eigenvalue weighted by molar-refractivity contribution is 0.0244. The van der Waals surface area contributed by atoms with Crippen LogP contribution in [0.3, 0.4) is 0 Å². The Bertz CT molecular complexity index is 937. The predicted molar refractivity (Wildman–Crippen MR) is 142 cm³/mol. The second kappa shape index (κ2) is 17.0. The number of hydrogen-bond donors (Lipinski definition) is 3. The number of hydrogen-bond acceptors (Lipinski definition) is 9. The van der Waals surface area contributed by atoms with Crippen LogP contribution in [0.1, 0.15) is 32.6 Å². The molecule has 0 spiro atoms. The van der Waals surface area contributed by atoms with Crippen LogP contribution >= 0.6 is 0 Å². The fourth-order valence-electron chi connectivity index (χ4n) is 3.96. The van der Waals surface area contributed by atoms with Gasteiger partial charge in [0.25, 0.3) is 0 Å². The topological polar surface area (TPSA) is 116 Å². The average molecular weight is 537 g/mol. The number of nitrogens with one attached hydrogen (secondary N) is 3. The van der Waals surface area contributed by atoms with Crippen LogP contribution in [0.4, 0.5) is 4.39 Å². The van der Waals surface area contributed by atoms with Crippen molar-refractivity contribution in [3.8, 4) is 17.4 Å². The van der Waals surface area contributed by atoms with Crippen LogP contribution in [-0.4, -0.2) is 87.6 Å². The lowest BCUT2D eigenvalue weighted by atomic mass is 10.1. The third-order valence-electron chi connectivity index (χ3n) is 6.15. The van der Waals surface area contributed by atoms with Gasteiger partial charge >= 0.3 is 0 Å². The summed E-state index contributed by atoms with van der Waals surface area (Å²) < 4.78 is 40.9. The maximum absolute atomic E-state index is 13.4. The average Bonchev–Trinajstić information content (AvgIpc) is 2.94. The molecule has 3 N–H and O–H groups in total. The smallest absolute Gasteiger partial charge is 0.248 e. The van der Waals surface area contributed by atoms with Crippen molar-refractivity contribution in [1.29, 1.82) is 0 Å². The van der Waals surface area contributed by atoms with Crippen molar-refractivity contribution in [2.45, 2.75) is 57.1 Å². The largest absolute Gasteiger partial charge is 0.489 e. The molecule has 212 valence electrons. The molecule has 2 aliphatic heterocycles. The Balaban J connectivity index is 0.000000230. The highest BCUT2D eigenvalue weighted by atomic mass is 19.1. The van der Waals surface area contributed by atoms with E-state index < -0.39 is 12.3 Å². The Morgan fingerprint density at radius 1 is 1.00 bits per heavy atom. The quantitative estimate of drug-likeness (QED) is 0.352. The second-order valence-corrected chi connectivity index (χ2v) is 9.26. The molecule has 4 rings (SSSR count). The van der Waals surface area contributed by atoms with Gasteiger partial charge in [-0.3, -0.25) is 4.79 Å². The second-order valence-electron chi connectivity index (χ2n) is 9.26. The Hall–Kier alpha value is -2.73. The fraction of sp³-hybridized carbons (Fsp3) is 0.630. The molecule has 0 bridgehead atoms. The SMILES string of the molecule is COCCC(C)OCCOc1ccc(OC2CCNCC2)cn1.O=c1ccc(O[C@@H]2CCNC[C@@H]2F)c[nH]1. The standard InChI is InChI=1S/C17H28N2O4.C10H13FN2O2/c1-14(7-10-20-2)21-11-12-22-17-4-3-16(13-19-17)23-15-5-8-18-9-6-15;11-8-6-12-4-3-9(8)15-7-1-2-10(14)13-5-7/h3-4,13-15,18H,5-12H2,1-2H3;1-2,5,8-9,12H,3-4,6H2,(H,13,14)/t;8-,9+/m.0/s1. The predicted octanol–water partition coefficient (Wildman–Crippen LogP) is 2.49. The van der Waals surface area contributed by atoms with Crippen molar-refractivity contribution < 1.29 is 28.1 Å². The normalized spacial score (nSPS) is 20.6. The van der Waals surface area contributed by atoms with Gasteiger partial charge in [0.15, 0.2) is 0 Å². The number of aromatic nitrogens is 2. The number of nitrogens with zero attached hydrogens (tertiary/aromatic N) is 1. The van der Waals surface area contributed by atoms with Crippen LogP contribution in [0.2, 0.25) is 0 Å². The molecule has 2 aliphatic rings. The first-order valence-corrected chi connectivity index (χ1v) is 13.3. The highest BCUT2D eigenvalue weighted by Gasteiger charge is 2.26. The van der Waals surface area contributed by atoms with Gasteiger partial charge in [0.1, 0.15) is 36.5 Å². The molecule has 0 aliphatic carbocycles. The van der Waals surface area contributed by atoms with E-state index in [2.05, 4.69) is 20.6 Å².